The topological polar surface area (TPSA) is 29.5 Å². The molecule has 0 aromatic heterocycles. The number of nitrogens with zero attached hydrogens (tertiary/aromatic N) is 1. The van der Waals surface area contributed by atoms with E-state index in [0.29, 0.717) is 19.5 Å². The first-order valence-corrected chi connectivity index (χ1v) is 6.92. The quantitative estimate of drug-likeness (QED) is 0.615. The Morgan fingerprint density at radius 1 is 1.25 bits per heavy atom. The van der Waals surface area contributed by atoms with Gasteiger partial charge in [0.25, 0.3) is 0 Å². The van der Waals surface area contributed by atoms with Crippen molar-refractivity contribution >= 4 is 37.5 Å². The van der Waals surface area contributed by atoms with Gasteiger partial charge in [0.2, 0.25) is 0 Å². The molecule has 20 heavy (non-hydrogen) atoms. The van der Waals surface area contributed by atoms with E-state index in [1.54, 1.807) is 4.90 Å². The number of hydrogen-bond donors (Lipinski definition) is 0. The van der Waals surface area contributed by atoms with Gasteiger partial charge in [-0.2, -0.15) is 0 Å². The number of ether oxygens (including phenoxy) is 1. The minimum Gasteiger partial charge on any atom is -0.444 e. The third kappa shape index (κ3) is 2.42. The van der Waals surface area contributed by atoms with Gasteiger partial charge in [-0.25, -0.2) is 4.79 Å². The number of carbonyl (C=O) groups excluding carboxylic acids is 1. The smallest absolute Gasteiger partial charge is 0.410 e. The third-order valence-corrected chi connectivity index (χ3v) is 4.65. The average molecular weight is 265 g/mol. The van der Waals surface area contributed by atoms with Crippen LogP contribution in [0.25, 0.3) is 0 Å². The van der Waals surface area contributed by atoms with E-state index in [0.717, 1.165) is 0 Å². The highest BCUT2D eigenvalue weighted by molar-refractivity contribution is 6.46. The van der Waals surface area contributed by atoms with Crippen molar-refractivity contribution in [2.24, 2.45) is 11.3 Å². The van der Waals surface area contributed by atoms with Crippen molar-refractivity contribution in [3.8, 4) is 0 Å². The van der Waals surface area contributed by atoms with E-state index in [1.165, 1.54) is 0 Å². The second-order valence-electron chi connectivity index (χ2n) is 7.66. The molecular weight excluding hydrogens is 245 g/mol. The summed E-state index contributed by atoms with van der Waals surface area (Å²) in [7, 11) is 24.7. The number of rotatable bonds is 0. The molecule has 0 spiro atoms. The summed E-state index contributed by atoms with van der Waals surface area (Å²) in [5, 5.41) is -1.95. The summed E-state index contributed by atoms with van der Waals surface area (Å²) in [4.78, 5) is 13.8. The fraction of sp³-hybridized carbons (Fsp3) is 0.923. The zero-order valence-corrected chi connectivity index (χ0v) is 12.8. The molecule has 1 amide bonds. The molecule has 0 N–H and O–H groups in total. The first-order chi connectivity index (χ1) is 8.79. The number of hydrogen-bond acceptors (Lipinski definition) is 2. The van der Waals surface area contributed by atoms with Crippen molar-refractivity contribution in [3.05, 3.63) is 0 Å². The summed E-state index contributed by atoms with van der Waals surface area (Å²) in [6.07, 6.45) is -0.0386. The van der Waals surface area contributed by atoms with Crippen LogP contribution in [0.2, 0.25) is 10.4 Å². The molecular formula is C13H19B4NO2. The Morgan fingerprint density at radius 3 is 2.25 bits per heavy atom. The first-order valence-electron chi connectivity index (χ1n) is 6.92. The first kappa shape index (κ1) is 15.9. The molecule has 7 heteroatoms. The van der Waals surface area contributed by atoms with Gasteiger partial charge >= 0.3 is 6.09 Å². The van der Waals surface area contributed by atoms with Crippen LogP contribution in [0.5, 0.6) is 0 Å². The molecule has 3 nitrogen and oxygen atoms in total. The Kier molecular flexibility index (Phi) is 3.39. The second-order valence-corrected chi connectivity index (χ2v) is 7.66. The number of carbonyl (C=O) groups is 1. The maximum Gasteiger partial charge on any atom is 0.410 e. The van der Waals surface area contributed by atoms with E-state index in [4.69, 9.17) is 36.1 Å². The Bertz CT molecular complexity index is 433. The van der Waals surface area contributed by atoms with E-state index in [1.807, 2.05) is 27.7 Å². The van der Waals surface area contributed by atoms with Gasteiger partial charge in [0.1, 0.15) is 5.60 Å². The highest BCUT2D eigenvalue weighted by Gasteiger charge is 2.62. The number of likely N-dealkylation sites (tertiary alicyclic amines) is 1. The van der Waals surface area contributed by atoms with Crippen LogP contribution >= 0.6 is 0 Å². The van der Waals surface area contributed by atoms with Crippen LogP contribution < -0.4 is 0 Å². The second kappa shape index (κ2) is 4.27. The van der Waals surface area contributed by atoms with Crippen LogP contribution in [0.1, 0.15) is 34.1 Å². The van der Waals surface area contributed by atoms with Gasteiger partial charge in [-0.3, -0.25) is 0 Å². The van der Waals surface area contributed by atoms with E-state index in [9.17, 15) is 4.79 Å². The molecule has 0 aromatic rings. The van der Waals surface area contributed by atoms with Crippen LogP contribution in [0.15, 0.2) is 0 Å². The average Bonchev–Trinajstić information content (AvgIpc) is 2.59. The standard InChI is InChI=1S/C13H19B4NO2/c1-10(2,3)20-9(19)18-5-8-11(4,7-18)13(16,17)6-12(8,14)15/h8H,5-7H2,1-4H3. The van der Waals surface area contributed by atoms with Crippen molar-refractivity contribution in [3.63, 3.8) is 0 Å². The number of amides is 1. The Morgan fingerprint density at radius 2 is 1.80 bits per heavy atom. The van der Waals surface area contributed by atoms with Crippen molar-refractivity contribution in [1.82, 2.24) is 4.90 Å². The molecule has 8 radical (unpaired) electrons. The van der Waals surface area contributed by atoms with Crippen molar-refractivity contribution in [2.75, 3.05) is 13.1 Å². The highest BCUT2D eigenvalue weighted by Crippen LogP contribution is 2.68. The van der Waals surface area contributed by atoms with Gasteiger partial charge in [0.05, 0.1) is 31.4 Å². The predicted molar refractivity (Wildman–Crippen MR) is 82.4 cm³/mol. The molecule has 0 aromatic carbocycles. The molecule has 100 valence electrons. The largest absolute Gasteiger partial charge is 0.444 e. The monoisotopic (exact) mass is 265 g/mol. The normalized spacial score (nSPS) is 34.8. The van der Waals surface area contributed by atoms with E-state index in [2.05, 4.69) is 0 Å². The molecule has 2 rings (SSSR count). The highest BCUT2D eigenvalue weighted by atomic mass is 16.6. The van der Waals surface area contributed by atoms with Gasteiger partial charge in [0.15, 0.2) is 0 Å². The molecule has 2 atom stereocenters. The lowest BCUT2D eigenvalue weighted by atomic mass is 9.42. The van der Waals surface area contributed by atoms with Crippen molar-refractivity contribution < 1.29 is 9.53 Å². The molecule has 1 aliphatic heterocycles. The summed E-state index contributed by atoms with van der Waals surface area (Å²) >= 11 is 0. The predicted octanol–water partition coefficient (Wildman–Crippen LogP) is 1.17. The summed E-state index contributed by atoms with van der Waals surface area (Å²) in [6.45, 7) is 8.27. The molecule has 2 unspecified atom stereocenters. The lowest BCUT2D eigenvalue weighted by Crippen LogP contribution is -2.40. The maximum atomic E-state index is 12.2. The zero-order valence-electron chi connectivity index (χ0n) is 12.8. The zero-order chi connectivity index (χ0) is 15.6. The van der Waals surface area contributed by atoms with E-state index < -0.39 is 21.4 Å². The van der Waals surface area contributed by atoms with Crippen LogP contribution in [0, 0.1) is 11.3 Å². The summed E-state index contributed by atoms with van der Waals surface area (Å²) in [5.74, 6) is -0.141. The maximum absolute atomic E-state index is 12.2. The Hall–Kier alpha value is -0.470. The molecule has 1 saturated carbocycles. The molecule has 1 saturated heterocycles. The van der Waals surface area contributed by atoms with E-state index in [-0.39, 0.29) is 12.0 Å². The Labute approximate surface area is 127 Å². The van der Waals surface area contributed by atoms with Gasteiger partial charge < -0.3 is 9.64 Å². The lowest BCUT2D eigenvalue weighted by molar-refractivity contribution is 0.0268. The fourth-order valence-corrected chi connectivity index (χ4v) is 3.53. The SMILES string of the molecule is [B]C1([B])CC([B])([B])C2(C)CN(C(=O)OC(C)(C)C)CC12. The molecule has 1 heterocycles. The Balaban J connectivity index is 2.21. The van der Waals surface area contributed by atoms with Crippen molar-refractivity contribution in [2.45, 2.75) is 50.1 Å². The minimum atomic E-state index is -0.988. The summed E-state index contributed by atoms with van der Waals surface area (Å²) in [6, 6.07) is 0. The van der Waals surface area contributed by atoms with Gasteiger partial charge in [-0.1, -0.05) is 23.8 Å². The van der Waals surface area contributed by atoms with Gasteiger partial charge in [-0.05, 0) is 32.1 Å². The third-order valence-electron chi connectivity index (χ3n) is 4.65. The van der Waals surface area contributed by atoms with Crippen LogP contribution in [-0.4, -0.2) is 61.1 Å². The van der Waals surface area contributed by atoms with E-state index >= 15 is 0 Å². The molecule has 0 bridgehead atoms. The molecule has 1 aliphatic carbocycles. The summed E-state index contributed by atoms with van der Waals surface area (Å²) in [5.41, 5.74) is -1.05. The van der Waals surface area contributed by atoms with Gasteiger partial charge in [-0.15, -0.1) is 0 Å². The minimum absolute atomic E-state index is 0.141. The van der Waals surface area contributed by atoms with Crippen molar-refractivity contribution in [1.29, 1.82) is 0 Å². The van der Waals surface area contributed by atoms with Crippen LogP contribution in [0.4, 0.5) is 4.79 Å². The van der Waals surface area contributed by atoms with Crippen LogP contribution in [-0.2, 0) is 4.74 Å². The number of fused-ring (bicyclic) bond motifs is 1. The lowest BCUT2D eigenvalue weighted by Gasteiger charge is -2.39. The van der Waals surface area contributed by atoms with Gasteiger partial charge in [0, 0.05) is 13.1 Å². The fourth-order valence-electron chi connectivity index (χ4n) is 3.53. The molecule has 2 aliphatic rings. The van der Waals surface area contributed by atoms with Crippen LogP contribution in [0.3, 0.4) is 0 Å². The summed E-state index contributed by atoms with van der Waals surface area (Å²) < 4.78 is 5.39. The molecule has 2 fully saturated rings.